The lowest BCUT2D eigenvalue weighted by atomic mass is 10.1. The Morgan fingerprint density at radius 1 is 1.42 bits per heavy atom. The van der Waals surface area contributed by atoms with Crippen molar-refractivity contribution in [2.24, 2.45) is 5.92 Å². The number of aromatic nitrogens is 2. The van der Waals surface area contributed by atoms with Gasteiger partial charge in [-0.3, -0.25) is 4.57 Å². The van der Waals surface area contributed by atoms with E-state index in [2.05, 4.69) is 24.1 Å². The van der Waals surface area contributed by atoms with E-state index in [-0.39, 0.29) is 5.76 Å². The predicted octanol–water partition coefficient (Wildman–Crippen LogP) is 2.02. The van der Waals surface area contributed by atoms with Crippen molar-refractivity contribution in [1.29, 1.82) is 0 Å². The summed E-state index contributed by atoms with van der Waals surface area (Å²) >= 11 is 0. The van der Waals surface area contributed by atoms with Crippen LogP contribution >= 0.6 is 0 Å². The van der Waals surface area contributed by atoms with Gasteiger partial charge < -0.3 is 9.73 Å². The van der Waals surface area contributed by atoms with Gasteiger partial charge in [-0.15, -0.1) is 0 Å². The van der Waals surface area contributed by atoms with Gasteiger partial charge in [-0.1, -0.05) is 13.8 Å². The van der Waals surface area contributed by atoms with Crippen LogP contribution in [0.3, 0.4) is 0 Å². The van der Waals surface area contributed by atoms with E-state index >= 15 is 0 Å². The molecule has 0 amide bonds. The van der Waals surface area contributed by atoms with E-state index in [1.165, 1.54) is 6.42 Å². The third-order valence-electron chi connectivity index (χ3n) is 3.07. The molecule has 19 heavy (non-hydrogen) atoms. The SMILES string of the molecule is CC(C)CCCNCCn1c(=O)oc2cccnc21. The summed E-state index contributed by atoms with van der Waals surface area (Å²) in [6.07, 6.45) is 4.06. The molecule has 0 saturated heterocycles. The van der Waals surface area contributed by atoms with Gasteiger partial charge in [0, 0.05) is 19.3 Å². The molecule has 104 valence electrons. The van der Waals surface area contributed by atoms with Crippen LogP contribution < -0.4 is 11.1 Å². The number of hydrogen-bond acceptors (Lipinski definition) is 4. The van der Waals surface area contributed by atoms with Gasteiger partial charge in [-0.25, -0.2) is 9.78 Å². The Kier molecular flexibility index (Phi) is 4.74. The normalized spacial score (nSPS) is 11.5. The summed E-state index contributed by atoms with van der Waals surface area (Å²) in [5, 5.41) is 3.34. The van der Waals surface area contributed by atoms with E-state index in [0.717, 1.165) is 25.4 Å². The summed E-state index contributed by atoms with van der Waals surface area (Å²) in [6, 6.07) is 3.52. The van der Waals surface area contributed by atoms with E-state index in [1.54, 1.807) is 22.9 Å². The summed E-state index contributed by atoms with van der Waals surface area (Å²) in [4.78, 5) is 15.9. The van der Waals surface area contributed by atoms with Crippen molar-refractivity contribution >= 4 is 11.2 Å². The van der Waals surface area contributed by atoms with Crippen molar-refractivity contribution in [1.82, 2.24) is 14.9 Å². The molecule has 0 atom stereocenters. The van der Waals surface area contributed by atoms with Crippen LogP contribution in [0.25, 0.3) is 11.2 Å². The molecule has 2 heterocycles. The van der Waals surface area contributed by atoms with Crippen molar-refractivity contribution in [3.8, 4) is 0 Å². The van der Waals surface area contributed by atoms with Gasteiger partial charge in [-0.2, -0.15) is 0 Å². The third kappa shape index (κ3) is 3.67. The minimum Gasteiger partial charge on any atom is -0.406 e. The number of pyridine rings is 1. The maximum Gasteiger partial charge on any atom is 0.421 e. The molecule has 0 aromatic carbocycles. The molecule has 0 fully saturated rings. The molecule has 5 heteroatoms. The topological polar surface area (TPSA) is 60.1 Å². The van der Waals surface area contributed by atoms with E-state index in [4.69, 9.17) is 4.42 Å². The fourth-order valence-corrected chi connectivity index (χ4v) is 2.05. The predicted molar refractivity (Wildman–Crippen MR) is 75.2 cm³/mol. The lowest BCUT2D eigenvalue weighted by molar-refractivity contribution is 0.482. The zero-order chi connectivity index (χ0) is 13.7. The quantitative estimate of drug-likeness (QED) is 0.776. The number of rotatable bonds is 7. The van der Waals surface area contributed by atoms with Gasteiger partial charge in [0.2, 0.25) is 0 Å². The smallest absolute Gasteiger partial charge is 0.406 e. The average molecular weight is 263 g/mol. The van der Waals surface area contributed by atoms with E-state index < -0.39 is 0 Å². The number of nitrogens with zero attached hydrogens (tertiary/aromatic N) is 2. The maximum atomic E-state index is 11.7. The van der Waals surface area contributed by atoms with Gasteiger partial charge in [0.1, 0.15) is 0 Å². The Morgan fingerprint density at radius 3 is 3.05 bits per heavy atom. The van der Waals surface area contributed by atoms with Crippen molar-refractivity contribution in [2.45, 2.75) is 33.2 Å². The van der Waals surface area contributed by atoms with Crippen LogP contribution in [0.15, 0.2) is 27.5 Å². The molecule has 0 aliphatic carbocycles. The molecule has 0 aliphatic heterocycles. The molecule has 2 rings (SSSR count). The van der Waals surface area contributed by atoms with Crippen molar-refractivity contribution in [3.05, 3.63) is 28.9 Å². The second-order valence-corrected chi connectivity index (χ2v) is 5.13. The van der Waals surface area contributed by atoms with Gasteiger partial charge in [0.05, 0.1) is 0 Å². The van der Waals surface area contributed by atoms with E-state index in [0.29, 0.717) is 17.8 Å². The Morgan fingerprint density at radius 2 is 2.26 bits per heavy atom. The highest BCUT2D eigenvalue weighted by Gasteiger charge is 2.08. The summed E-state index contributed by atoms with van der Waals surface area (Å²) in [5.74, 6) is 0.407. The molecule has 0 aliphatic rings. The Hall–Kier alpha value is -1.62. The first-order valence-electron chi connectivity index (χ1n) is 6.83. The highest BCUT2D eigenvalue weighted by Crippen LogP contribution is 2.07. The zero-order valence-corrected chi connectivity index (χ0v) is 11.6. The summed E-state index contributed by atoms with van der Waals surface area (Å²) < 4.78 is 6.70. The second kappa shape index (κ2) is 6.52. The molecule has 0 spiro atoms. The molecular formula is C14H21N3O2. The molecule has 0 bridgehead atoms. The minimum absolute atomic E-state index is 0.335. The summed E-state index contributed by atoms with van der Waals surface area (Å²) in [6.45, 7) is 6.77. The minimum atomic E-state index is -0.335. The fraction of sp³-hybridized carbons (Fsp3) is 0.571. The first kappa shape index (κ1) is 13.8. The molecule has 0 unspecified atom stereocenters. The van der Waals surface area contributed by atoms with Crippen molar-refractivity contribution in [3.63, 3.8) is 0 Å². The summed E-state index contributed by atoms with van der Waals surface area (Å²) in [7, 11) is 0. The molecule has 0 saturated carbocycles. The number of oxazole rings is 1. The molecular weight excluding hydrogens is 242 g/mol. The third-order valence-corrected chi connectivity index (χ3v) is 3.07. The molecule has 2 aromatic rings. The van der Waals surface area contributed by atoms with Crippen LogP contribution in [0, 0.1) is 5.92 Å². The van der Waals surface area contributed by atoms with Crippen LogP contribution in [0.1, 0.15) is 26.7 Å². The van der Waals surface area contributed by atoms with Gasteiger partial charge in [-0.05, 0) is 37.4 Å². The monoisotopic (exact) mass is 263 g/mol. The second-order valence-electron chi connectivity index (χ2n) is 5.13. The number of fused-ring (bicyclic) bond motifs is 1. The van der Waals surface area contributed by atoms with Crippen LogP contribution in [-0.4, -0.2) is 22.6 Å². The zero-order valence-electron chi connectivity index (χ0n) is 11.6. The standard InChI is InChI=1S/C14H21N3O2/c1-11(2)5-3-7-15-9-10-17-13-12(19-14(17)18)6-4-8-16-13/h4,6,8,11,15H,3,5,7,9-10H2,1-2H3. The molecule has 0 radical (unpaired) electrons. The molecule has 1 N–H and O–H groups in total. The Labute approximate surface area is 112 Å². The van der Waals surface area contributed by atoms with Crippen LogP contribution in [0.2, 0.25) is 0 Å². The number of nitrogens with one attached hydrogen (secondary N) is 1. The van der Waals surface area contributed by atoms with Gasteiger partial charge in [0.15, 0.2) is 11.2 Å². The summed E-state index contributed by atoms with van der Waals surface area (Å²) in [5.41, 5.74) is 1.17. The Bertz CT molecular complexity index is 571. The van der Waals surface area contributed by atoms with Gasteiger partial charge >= 0.3 is 5.76 Å². The van der Waals surface area contributed by atoms with Crippen molar-refractivity contribution < 1.29 is 4.42 Å². The van der Waals surface area contributed by atoms with Gasteiger partial charge in [0.25, 0.3) is 0 Å². The highest BCUT2D eigenvalue weighted by molar-refractivity contribution is 5.67. The van der Waals surface area contributed by atoms with Crippen LogP contribution in [0.4, 0.5) is 0 Å². The number of hydrogen-bond donors (Lipinski definition) is 1. The van der Waals surface area contributed by atoms with Crippen molar-refractivity contribution in [2.75, 3.05) is 13.1 Å². The van der Waals surface area contributed by atoms with Crippen LogP contribution in [-0.2, 0) is 6.54 Å². The average Bonchev–Trinajstić information content (AvgIpc) is 2.69. The lowest BCUT2D eigenvalue weighted by Gasteiger charge is -2.06. The first-order chi connectivity index (χ1) is 9.18. The highest BCUT2D eigenvalue weighted by atomic mass is 16.4. The fourth-order valence-electron chi connectivity index (χ4n) is 2.05. The largest absolute Gasteiger partial charge is 0.421 e. The van der Waals surface area contributed by atoms with Crippen LogP contribution in [0.5, 0.6) is 0 Å². The first-order valence-corrected chi connectivity index (χ1v) is 6.83. The molecule has 2 aromatic heterocycles. The van der Waals surface area contributed by atoms with E-state index in [9.17, 15) is 4.79 Å². The maximum absolute atomic E-state index is 11.7. The lowest BCUT2D eigenvalue weighted by Crippen LogP contribution is -2.25. The molecule has 5 nitrogen and oxygen atoms in total. The van der Waals surface area contributed by atoms with E-state index in [1.807, 2.05) is 0 Å². The Balaban J connectivity index is 1.85.